The Balaban J connectivity index is 1.69. The molecule has 3 aromatic rings. The molecule has 0 saturated carbocycles. The van der Waals surface area contributed by atoms with E-state index in [1.54, 1.807) is 19.1 Å². The Kier molecular flexibility index (Phi) is 5.51. The molecule has 27 heavy (non-hydrogen) atoms. The molecule has 1 amide bonds. The van der Waals surface area contributed by atoms with Gasteiger partial charge in [0.05, 0.1) is 10.7 Å². The lowest BCUT2D eigenvalue weighted by molar-refractivity contribution is -0.384. The minimum atomic E-state index is -0.509. The number of nitrogens with zero attached hydrogens (tertiary/aromatic N) is 4. The molecule has 1 N–H and O–H groups in total. The number of benzene rings is 2. The van der Waals surface area contributed by atoms with Crippen LogP contribution in [0.3, 0.4) is 0 Å². The minimum absolute atomic E-state index is 0.0618. The molecule has 0 bridgehead atoms. The van der Waals surface area contributed by atoms with Gasteiger partial charge in [-0.1, -0.05) is 54.2 Å². The van der Waals surface area contributed by atoms with Crippen LogP contribution in [0.25, 0.3) is 11.4 Å². The zero-order valence-electron chi connectivity index (χ0n) is 14.7. The number of hydrogen-bond donors (Lipinski definition) is 1. The number of anilines is 1. The van der Waals surface area contributed by atoms with Gasteiger partial charge in [-0.3, -0.25) is 14.9 Å². The van der Waals surface area contributed by atoms with E-state index >= 15 is 0 Å². The van der Waals surface area contributed by atoms with Crippen LogP contribution in [-0.4, -0.2) is 31.3 Å². The molecule has 0 saturated heterocycles. The number of aryl methyl sites for hydroxylation is 1. The predicted molar refractivity (Wildman–Crippen MR) is 104 cm³/mol. The Hall–Kier alpha value is -3.20. The van der Waals surface area contributed by atoms with Gasteiger partial charge in [-0.25, -0.2) is 0 Å². The Morgan fingerprint density at radius 1 is 1.19 bits per heavy atom. The number of nitrogens with one attached hydrogen (secondary N) is 1. The van der Waals surface area contributed by atoms with Crippen molar-refractivity contribution >= 4 is 29.0 Å². The molecule has 1 aromatic heterocycles. The van der Waals surface area contributed by atoms with Gasteiger partial charge in [0, 0.05) is 18.7 Å². The molecule has 1 heterocycles. The number of rotatable bonds is 6. The van der Waals surface area contributed by atoms with Gasteiger partial charge < -0.3 is 9.88 Å². The first kappa shape index (κ1) is 18.6. The summed E-state index contributed by atoms with van der Waals surface area (Å²) in [4.78, 5) is 22.9. The normalized spacial score (nSPS) is 10.6. The summed E-state index contributed by atoms with van der Waals surface area (Å²) >= 11 is 1.22. The molecule has 0 atom stereocenters. The van der Waals surface area contributed by atoms with E-state index in [2.05, 4.69) is 15.5 Å². The topological polar surface area (TPSA) is 103 Å². The maximum absolute atomic E-state index is 12.3. The Bertz CT molecular complexity index is 988. The zero-order chi connectivity index (χ0) is 19.4. The van der Waals surface area contributed by atoms with Crippen LogP contribution in [0.4, 0.5) is 11.4 Å². The zero-order valence-corrected chi connectivity index (χ0v) is 15.6. The number of carbonyl (C=O) groups is 1. The summed E-state index contributed by atoms with van der Waals surface area (Å²) in [5.74, 6) is 0.418. The van der Waals surface area contributed by atoms with E-state index in [-0.39, 0.29) is 23.0 Å². The largest absolute Gasteiger partial charge is 0.319 e. The van der Waals surface area contributed by atoms with Crippen molar-refractivity contribution in [3.8, 4) is 11.4 Å². The molecule has 0 unspecified atom stereocenters. The first-order chi connectivity index (χ1) is 13.0. The highest BCUT2D eigenvalue weighted by Crippen LogP contribution is 2.28. The number of nitro benzene ring substituents is 1. The number of thioether (sulfide) groups is 1. The molecule has 0 fully saturated rings. The second-order valence-electron chi connectivity index (χ2n) is 5.79. The maximum Gasteiger partial charge on any atom is 0.293 e. The molecule has 0 aliphatic heterocycles. The van der Waals surface area contributed by atoms with Crippen molar-refractivity contribution < 1.29 is 9.72 Å². The number of aromatic nitrogens is 3. The Labute approximate surface area is 159 Å². The van der Waals surface area contributed by atoms with Crippen molar-refractivity contribution in [1.82, 2.24) is 14.8 Å². The third-order valence-electron chi connectivity index (χ3n) is 3.91. The van der Waals surface area contributed by atoms with Gasteiger partial charge in [-0.15, -0.1) is 10.2 Å². The van der Waals surface area contributed by atoms with Crippen molar-refractivity contribution in [2.75, 3.05) is 11.1 Å². The standard InChI is InChI=1S/C18H17N5O3S/c1-12-7-6-10-14(23(25)26)16(12)19-15(24)11-27-18-21-20-17(22(18)2)13-8-4-3-5-9-13/h3-10H,11H2,1-2H3,(H,19,24). The summed E-state index contributed by atoms with van der Waals surface area (Å²) in [6, 6.07) is 14.3. The second-order valence-corrected chi connectivity index (χ2v) is 6.74. The fourth-order valence-electron chi connectivity index (χ4n) is 2.55. The lowest BCUT2D eigenvalue weighted by Gasteiger charge is -2.08. The van der Waals surface area contributed by atoms with Crippen molar-refractivity contribution in [3.63, 3.8) is 0 Å². The number of hydrogen-bond acceptors (Lipinski definition) is 6. The molecule has 0 spiro atoms. The van der Waals surface area contributed by atoms with Gasteiger partial charge in [0.25, 0.3) is 5.69 Å². The predicted octanol–water partition coefficient (Wildman–Crippen LogP) is 3.43. The van der Waals surface area contributed by atoms with Gasteiger partial charge in [-0.2, -0.15) is 0 Å². The van der Waals surface area contributed by atoms with Gasteiger partial charge in [-0.05, 0) is 12.5 Å². The summed E-state index contributed by atoms with van der Waals surface area (Å²) < 4.78 is 1.81. The van der Waals surface area contributed by atoms with Crippen molar-refractivity contribution in [1.29, 1.82) is 0 Å². The molecule has 0 aliphatic rings. The van der Waals surface area contributed by atoms with Crippen LogP contribution < -0.4 is 5.32 Å². The van der Waals surface area contributed by atoms with Crippen LogP contribution >= 0.6 is 11.8 Å². The third kappa shape index (κ3) is 4.14. The van der Waals surface area contributed by atoms with E-state index in [0.717, 1.165) is 5.56 Å². The summed E-state index contributed by atoms with van der Waals surface area (Å²) in [5.41, 5.74) is 1.65. The number of nitro groups is 1. The van der Waals surface area contributed by atoms with Crippen LogP contribution in [0.5, 0.6) is 0 Å². The van der Waals surface area contributed by atoms with Crippen LogP contribution in [0.1, 0.15) is 5.56 Å². The van der Waals surface area contributed by atoms with Crippen molar-refractivity contribution in [3.05, 3.63) is 64.2 Å². The number of amides is 1. The van der Waals surface area contributed by atoms with Crippen molar-refractivity contribution in [2.45, 2.75) is 12.1 Å². The third-order valence-corrected chi connectivity index (χ3v) is 4.93. The molecule has 3 rings (SSSR count). The van der Waals surface area contributed by atoms with Gasteiger partial charge in [0.1, 0.15) is 5.69 Å². The lowest BCUT2D eigenvalue weighted by Crippen LogP contribution is -2.16. The summed E-state index contributed by atoms with van der Waals surface area (Å²) in [6.45, 7) is 1.71. The SMILES string of the molecule is Cc1cccc([N+](=O)[O-])c1NC(=O)CSc1nnc(-c2ccccc2)n1C. The fraction of sp³-hybridized carbons (Fsp3) is 0.167. The highest BCUT2D eigenvalue weighted by Gasteiger charge is 2.18. The Morgan fingerprint density at radius 2 is 1.93 bits per heavy atom. The molecule has 0 radical (unpaired) electrons. The van der Waals surface area contributed by atoms with E-state index in [0.29, 0.717) is 16.5 Å². The van der Waals surface area contributed by atoms with Crippen LogP contribution in [0.15, 0.2) is 53.7 Å². The monoisotopic (exact) mass is 383 g/mol. The van der Waals surface area contributed by atoms with E-state index in [9.17, 15) is 14.9 Å². The highest BCUT2D eigenvalue weighted by atomic mass is 32.2. The van der Waals surface area contributed by atoms with Gasteiger partial charge >= 0.3 is 0 Å². The molecular formula is C18H17N5O3S. The number of carbonyl (C=O) groups excluding carboxylic acids is 1. The van der Waals surface area contributed by atoms with Crippen LogP contribution in [0.2, 0.25) is 0 Å². The highest BCUT2D eigenvalue weighted by molar-refractivity contribution is 7.99. The Morgan fingerprint density at radius 3 is 2.63 bits per heavy atom. The molecule has 9 heteroatoms. The summed E-state index contributed by atoms with van der Waals surface area (Å²) in [6.07, 6.45) is 0. The summed E-state index contributed by atoms with van der Waals surface area (Å²) in [5, 5.41) is 22.7. The van der Waals surface area contributed by atoms with Crippen LogP contribution in [-0.2, 0) is 11.8 Å². The molecule has 2 aromatic carbocycles. The van der Waals surface area contributed by atoms with Crippen LogP contribution in [0, 0.1) is 17.0 Å². The maximum atomic E-state index is 12.3. The quantitative estimate of drug-likeness (QED) is 0.397. The fourth-order valence-corrected chi connectivity index (χ4v) is 3.26. The lowest BCUT2D eigenvalue weighted by atomic mass is 10.1. The molecule has 0 aliphatic carbocycles. The molecular weight excluding hydrogens is 366 g/mol. The number of para-hydroxylation sites is 1. The van der Waals surface area contributed by atoms with Crippen molar-refractivity contribution in [2.24, 2.45) is 7.05 Å². The van der Waals surface area contributed by atoms with Gasteiger partial charge in [0.2, 0.25) is 5.91 Å². The average Bonchev–Trinajstić information content (AvgIpc) is 3.02. The minimum Gasteiger partial charge on any atom is -0.319 e. The molecule has 138 valence electrons. The smallest absolute Gasteiger partial charge is 0.293 e. The van der Waals surface area contributed by atoms with E-state index in [4.69, 9.17) is 0 Å². The van der Waals surface area contributed by atoms with E-state index in [1.165, 1.54) is 17.8 Å². The first-order valence-corrected chi connectivity index (χ1v) is 9.07. The second kappa shape index (κ2) is 8.00. The van der Waals surface area contributed by atoms with Gasteiger partial charge in [0.15, 0.2) is 11.0 Å². The summed E-state index contributed by atoms with van der Waals surface area (Å²) in [7, 11) is 1.83. The van der Waals surface area contributed by atoms with E-state index in [1.807, 2.05) is 41.9 Å². The van der Waals surface area contributed by atoms with E-state index < -0.39 is 4.92 Å². The first-order valence-electron chi connectivity index (χ1n) is 8.09. The molecule has 8 nitrogen and oxygen atoms in total. The average molecular weight is 383 g/mol.